The number of hydrogen-bond donors (Lipinski definition) is 1. The first-order chi connectivity index (χ1) is 13.2. The van der Waals surface area contributed by atoms with Crippen LogP contribution in [0.4, 0.5) is 0 Å². The van der Waals surface area contributed by atoms with Crippen LogP contribution in [0.15, 0.2) is 64.3 Å². The van der Waals surface area contributed by atoms with Crippen LogP contribution in [-0.4, -0.2) is 32.6 Å². The minimum Gasteiger partial charge on any atom is -0.334 e. The lowest BCUT2D eigenvalue weighted by Gasteiger charge is -2.04. The molecule has 3 heterocycles. The molecule has 0 saturated carbocycles. The minimum atomic E-state index is 0.314. The molecule has 0 fully saturated rings. The zero-order valence-corrected chi connectivity index (χ0v) is 16.1. The van der Waals surface area contributed by atoms with Crippen LogP contribution >= 0.6 is 11.8 Å². The summed E-state index contributed by atoms with van der Waals surface area (Å²) in [5, 5.41) is 7.23. The number of thioether (sulfide) groups is 1. The van der Waals surface area contributed by atoms with Crippen molar-refractivity contribution in [1.29, 1.82) is 0 Å². The Morgan fingerprint density at radius 1 is 1.15 bits per heavy atom. The summed E-state index contributed by atoms with van der Waals surface area (Å²) in [5.74, 6) is 2.11. The van der Waals surface area contributed by atoms with Crippen LogP contribution in [0.1, 0.15) is 18.4 Å². The van der Waals surface area contributed by atoms with E-state index in [9.17, 15) is 0 Å². The summed E-state index contributed by atoms with van der Waals surface area (Å²) in [7, 11) is 1.92. The quantitative estimate of drug-likeness (QED) is 0.492. The van der Waals surface area contributed by atoms with E-state index in [1.54, 1.807) is 11.8 Å². The van der Waals surface area contributed by atoms with Crippen molar-refractivity contribution in [2.45, 2.75) is 30.0 Å². The van der Waals surface area contributed by atoms with E-state index >= 15 is 0 Å². The third kappa shape index (κ3) is 4.20. The van der Waals surface area contributed by atoms with Crippen molar-refractivity contribution in [1.82, 2.24) is 24.8 Å². The summed E-state index contributed by atoms with van der Waals surface area (Å²) in [5.41, 5.74) is 2.97. The van der Waals surface area contributed by atoms with Gasteiger partial charge in [0.1, 0.15) is 5.65 Å². The Balaban J connectivity index is 1.40. The van der Waals surface area contributed by atoms with Crippen LogP contribution < -0.4 is 5.32 Å². The third-order valence-corrected chi connectivity index (χ3v) is 5.40. The summed E-state index contributed by atoms with van der Waals surface area (Å²) in [6, 6.07) is 14.5. The van der Waals surface area contributed by atoms with Gasteiger partial charge in [-0.05, 0) is 50.4 Å². The number of fused-ring (bicyclic) bond motifs is 1. The molecule has 1 aromatic carbocycles. The molecule has 6 nitrogen and oxygen atoms in total. The van der Waals surface area contributed by atoms with E-state index in [0.29, 0.717) is 11.9 Å². The Hall–Kier alpha value is -2.64. The van der Waals surface area contributed by atoms with E-state index in [0.717, 1.165) is 34.9 Å². The molecule has 0 amide bonds. The SMILES string of the molecule is CNC(C)Cc1noc(-c2ccc(SCc3cn4ccccc4n3)cc2)n1. The van der Waals surface area contributed by atoms with Crippen LogP contribution in [0.25, 0.3) is 17.1 Å². The minimum absolute atomic E-state index is 0.314. The molecular weight excluding hydrogens is 358 g/mol. The summed E-state index contributed by atoms with van der Waals surface area (Å²) in [6.45, 7) is 2.09. The van der Waals surface area contributed by atoms with E-state index in [1.807, 2.05) is 48.0 Å². The van der Waals surface area contributed by atoms with Gasteiger partial charge in [-0.15, -0.1) is 11.8 Å². The molecule has 4 rings (SSSR count). The molecule has 0 spiro atoms. The molecule has 3 aromatic heterocycles. The summed E-state index contributed by atoms with van der Waals surface area (Å²) < 4.78 is 7.43. The number of benzene rings is 1. The molecule has 7 heteroatoms. The second kappa shape index (κ2) is 7.94. The van der Waals surface area contributed by atoms with Crippen molar-refractivity contribution in [3.8, 4) is 11.5 Å². The Morgan fingerprint density at radius 2 is 2.00 bits per heavy atom. The van der Waals surface area contributed by atoms with Gasteiger partial charge >= 0.3 is 0 Å². The number of likely N-dealkylation sites (N-methyl/N-ethyl adjacent to an activating group) is 1. The topological polar surface area (TPSA) is 68.2 Å². The maximum atomic E-state index is 5.39. The fourth-order valence-electron chi connectivity index (χ4n) is 2.74. The summed E-state index contributed by atoms with van der Waals surface area (Å²) >= 11 is 1.76. The number of nitrogens with zero attached hydrogens (tertiary/aromatic N) is 4. The van der Waals surface area contributed by atoms with E-state index < -0.39 is 0 Å². The van der Waals surface area contributed by atoms with Crippen LogP contribution in [-0.2, 0) is 12.2 Å². The zero-order chi connectivity index (χ0) is 18.6. The Bertz CT molecular complexity index is 991. The number of rotatable bonds is 7. The van der Waals surface area contributed by atoms with Crippen LogP contribution in [0.2, 0.25) is 0 Å². The van der Waals surface area contributed by atoms with Gasteiger partial charge in [-0.25, -0.2) is 4.98 Å². The molecule has 0 bridgehead atoms. The molecule has 1 unspecified atom stereocenters. The molecule has 0 saturated heterocycles. The lowest BCUT2D eigenvalue weighted by molar-refractivity contribution is 0.418. The first-order valence-corrected chi connectivity index (χ1v) is 9.85. The van der Waals surface area contributed by atoms with Crippen LogP contribution in [0, 0.1) is 0 Å². The van der Waals surface area contributed by atoms with Gasteiger partial charge in [0, 0.05) is 41.1 Å². The van der Waals surface area contributed by atoms with Crippen molar-refractivity contribution in [2.75, 3.05) is 7.05 Å². The Morgan fingerprint density at radius 3 is 2.78 bits per heavy atom. The smallest absolute Gasteiger partial charge is 0.257 e. The monoisotopic (exact) mass is 379 g/mol. The van der Waals surface area contributed by atoms with Crippen molar-refractivity contribution < 1.29 is 4.52 Å². The summed E-state index contributed by atoms with van der Waals surface area (Å²) in [4.78, 5) is 10.3. The van der Waals surface area contributed by atoms with Crippen molar-refractivity contribution in [2.24, 2.45) is 0 Å². The number of pyridine rings is 1. The van der Waals surface area contributed by atoms with Gasteiger partial charge in [0.2, 0.25) is 0 Å². The average Bonchev–Trinajstić information content (AvgIpc) is 3.33. The molecular formula is C20H21N5OS. The fraction of sp³-hybridized carbons (Fsp3) is 0.250. The van der Waals surface area contributed by atoms with Crippen molar-refractivity contribution >= 4 is 17.4 Å². The van der Waals surface area contributed by atoms with Gasteiger partial charge in [0.05, 0.1) is 5.69 Å². The molecule has 0 aliphatic carbocycles. The molecule has 0 aliphatic rings. The van der Waals surface area contributed by atoms with Crippen molar-refractivity contribution in [3.63, 3.8) is 0 Å². The zero-order valence-electron chi connectivity index (χ0n) is 15.3. The number of imidazole rings is 1. The van der Waals surface area contributed by atoms with Crippen molar-refractivity contribution in [3.05, 3.63) is 66.4 Å². The van der Waals surface area contributed by atoms with Gasteiger partial charge in [-0.2, -0.15) is 4.98 Å². The van der Waals surface area contributed by atoms with E-state index in [1.165, 1.54) is 4.90 Å². The number of hydrogen-bond acceptors (Lipinski definition) is 6. The van der Waals surface area contributed by atoms with E-state index in [-0.39, 0.29) is 0 Å². The highest BCUT2D eigenvalue weighted by Gasteiger charge is 2.11. The third-order valence-electron chi connectivity index (χ3n) is 4.35. The van der Waals surface area contributed by atoms with E-state index in [4.69, 9.17) is 4.52 Å². The number of nitrogens with one attached hydrogen (secondary N) is 1. The normalized spacial score (nSPS) is 12.5. The Labute approximate surface area is 162 Å². The summed E-state index contributed by atoms with van der Waals surface area (Å²) in [6.07, 6.45) is 4.83. The lowest BCUT2D eigenvalue weighted by atomic mass is 10.2. The van der Waals surface area contributed by atoms with Gasteiger partial charge < -0.3 is 14.2 Å². The molecule has 27 heavy (non-hydrogen) atoms. The van der Waals surface area contributed by atoms with Crippen LogP contribution in [0.3, 0.4) is 0 Å². The van der Waals surface area contributed by atoms with Gasteiger partial charge in [-0.1, -0.05) is 11.2 Å². The number of aromatic nitrogens is 4. The van der Waals surface area contributed by atoms with E-state index in [2.05, 4.69) is 45.7 Å². The standard InChI is InChI=1S/C20H21N5OS/c1-14(21-2)11-18-23-20(26-24-18)15-6-8-17(9-7-15)27-13-16-12-25-10-4-3-5-19(25)22-16/h3-10,12,14,21H,11,13H2,1-2H3. The maximum Gasteiger partial charge on any atom is 0.257 e. The second-order valence-corrected chi connectivity index (χ2v) is 7.47. The highest BCUT2D eigenvalue weighted by atomic mass is 32.2. The van der Waals surface area contributed by atoms with Gasteiger partial charge in [0.25, 0.3) is 5.89 Å². The first kappa shape index (κ1) is 17.8. The molecule has 0 aliphatic heterocycles. The molecule has 1 N–H and O–H groups in total. The molecule has 138 valence electrons. The predicted molar refractivity (Wildman–Crippen MR) is 107 cm³/mol. The average molecular weight is 379 g/mol. The second-order valence-electron chi connectivity index (χ2n) is 6.42. The largest absolute Gasteiger partial charge is 0.334 e. The molecule has 1 atom stereocenters. The van der Waals surface area contributed by atoms with Gasteiger partial charge in [0.15, 0.2) is 5.82 Å². The highest BCUT2D eigenvalue weighted by Crippen LogP contribution is 2.26. The predicted octanol–water partition coefficient (Wildman–Crippen LogP) is 3.83. The molecule has 0 radical (unpaired) electrons. The first-order valence-electron chi connectivity index (χ1n) is 8.87. The fourth-order valence-corrected chi connectivity index (χ4v) is 3.52. The Kier molecular flexibility index (Phi) is 5.22. The lowest BCUT2D eigenvalue weighted by Crippen LogP contribution is -2.24. The van der Waals surface area contributed by atoms with Crippen LogP contribution in [0.5, 0.6) is 0 Å². The highest BCUT2D eigenvalue weighted by molar-refractivity contribution is 7.98. The van der Waals surface area contributed by atoms with Gasteiger partial charge in [-0.3, -0.25) is 0 Å². The maximum absolute atomic E-state index is 5.39. The molecule has 4 aromatic rings.